The Bertz CT molecular complexity index is 33.5. The first-order valence-corrected chi connectivity index (χ1v) is 2.99. The second kappa shape index (κ2) is 6.92. The molecule has 0 spiro atoms. The van der Waals surface area contributed by atoms with Crippen molar-refractivity contribution in [2.45, 2.75) is 25.7 Å². The van der Waals surface area contributed by atoms with Crippen molar-refractivity contribution in [2.24, 2.45) is 5.73 Å². The maximum atomic E-state index is 8.08. The summed E-state index contributed by atoms with van der Waals surface area (Å²) in [6.07, 6.45) is 3.85. The standard InChI is InChI=1S/C6H13NO/c7-5-3-1-2-4-6-8/h8H,1-5,7H2. The average Bonchev–Trinajstić information content (AvgIpc) is 1.81. The lowest BCUT2D eigenvalue weighted by Crippen LogP contribution is -1.97. The molecule has 0 saturated carbocycles. The van der Waals surface area contributed by atoms with Gasteiger partial charge in [0.2, 0.25) is 0 Å². The Kier molecular flexibility index (Phi) is 6.85. The summed E-state index contributed by atoms with van der Waals surface area (Å²) in [5.41, 5.74) is 5.23. The molecule has 3 N–H and O–H groups in total. The Balaban J connectivity index is 2.53. The smallest absolute Gasteiger partial charge is 0.128 e. The van der Waals surface area contributed by atoms with E-state index in [2.05, 4.69) is 6.61 Å². The van der Waals surface area contributed by atoms with Crippen LogP contribution in [0.25, 0.3) is 0 Å². The zero-order chi connectivity index (χ0) is 6.24. The van der Waals surface area contributed by atoms with E-state index in [0.717, 1.165) is 25.8 Å². The molecular weight excluding hydrogens is 102 g/mol. The third kappa shape index (κ3) is 5.92. The molecule has 2 nitrogen and oxygen atoms in total. The molecule has 0 aliphatic carbocycles. The van der Waals surface area contributed by atoms with Gasteiger partial charge in [0.1, 0.15) is 6.61 Å². The van der Waals surface area contributed by atoms with Crippen LogP contribution in [-0.2, 0) is 0 Å². The maximum Gasteiger partial charge on any atom is 0.128 e. The van der Waals surface area contributed by atoms with Crippen LogP contribution >= 0.6 is 0 Å². The van der Waals surface area contributed by atoms with Gasteiger partial charge in [0.05, 0.1) is 0 Å². The Morgan fingerprint density at radius 3 is 2.50 bits per heavy atom. The molecule has 48 valence electrons. The monoisotopic (exact) mass is 115 g/mol. The van der Waals surface area contributed by atoms with Crippen LogP contribution in [0.4, 0.5) is 0 Å². The predicted molar refractivity (Wildman–Crippen MR) is 32.7 cm³/mol. The SMILES string of the molecule is NCCCCC[C]O. The van der Waals surface area contributed by atoms with Gasteiger partial charge in [-0.1, -0.05) is 12.8 Å². The van der Waals surface area contributed by atoms with Gasteiger partial charge in [0.15, 0.2) is 0 Å². The highest BCUT2D eigenvalue weighted by Gasteiger charge is 1.85. The van der Waals surface area contributed by atoms with Crippen molar-refractivity contribution >= 4 is 0 Å². The normalized spacial score (nSPS) is 9.75. The topological polar surface area (TPSA) is 46.2 Å². The summed E-state index contributed by atoms with van der Waals surface area (Å²) < 4.78 is 0. The molecule has 0 unspecified atom stereocenters. The number of aliphatic hydroxyl groups excluding tert-OH is 1. The van der Waals surface area contributed by atoms with Crippen molar-refractivity contribution in [3.63, 3.8) is 0 Å². The maximum absolute atomic E-state index is 8.08. The molecule has 0 rings (SSSR count). The Morgan fingerprint density at radius 1 is 1.25 bits per heavy atom. The van der Waals surface area contributed by atoms with Crippen LogP contribution in [0.3, 0.4) is 0 Å². The summed E-state index contributed by atoms with van der Waals surface area (Å²) in [7, 11) is 0. The van der Waals surface area contributed by atoms with Crippen LogP contribution in [0.2, 0.25) is 0 Å². The van der Waals surface area contributed by atoms with Crippen LogP contribution in [0.5, 0.6) is 0 Å². The summed E-state index contributed by atoms with van der Waals surface area (Å²) in [6.45, 7) is 2.84. The number of rotatable bonds is 5. The van der Waals surface area contributed by atoms with Gasteiger partial charge in [-0.15, -0.1) is 0 Å². The summed E-state index contributed by atoms with van der Waals surface area (Å²) in [4.78, 5) is 0. The van der Waals surface area contributed by atoms with Gasteiger partial charge >= 0.3 is 0 Å². The second-order valence-electron chi connectivity index (χ2n) is 1.76. The van der Waals surface area contributed by atoms with Gasteiger partial charge in [0.25, 0.3) is 0 Å². The van der Waals surface area contributed by atoms with Gasteiger partial charge < -0.3 is 10.8 Å². The number of hydrogen-bond donors (Lipinski definition) is 2. The van der Waals surface area contributed by atoms with Crippen molar-refractivity contribution in [2.75, 3.05) is 6.54 Å². The van der Waals surface area contributed by atoms with Crippen LogP contribution in [0, 0.1) is 6.61 Å². The fourth-order valence-electron chi connectivity index (χ4n) is 0.525. The molecule has 0 saturated heterocycles. The van der Waals surface area contributed by atoms with E-state index in [1.807, 2.05) is 0 Å². The number of nitrogens with two attached hydrogens (primary N) is 1. The summed E-state index contributed by atoms with van der Waals surface area (Å²) >= 11 is 0. The van der Waals surface area contributed by atoms with Gasteiger partial charge in [-0.25, -0.2) is 0 Å². The minimum absolute atomic E-state index is 0.681. The Hall–Kier alpha value is -0.0800. The summed E-state index contributed by atoms with van der Waals surface area (Å²) in [5.74, 6) is 0. The minimum Gasteiger partial charge on any atom is -0.384 e. The molecule has 2 heteroatoms. The molecule has 2 radical (unpaired) electrons. The molecule has 0 aliphatic heterocycles. The Morgan fingerprint density at radius 2 is 2.00 bits per heavy atom. The largest absolute Gasteiger partial charge is 0.384 e. The van der Waals surface area contributed by atoms with Crippen LogP contribution in [0.1, 0.15) is 25.7 Å². The lowest BCUT2D eigenvalue weighted by molar-refractivity contribution is 0.368. The summed E-state index contributed by atoms with van der Waals surface area (Å²) in [6, 6.07) is 0. The highest BCUT2D eigenvalue weighted by molar-refractivity contribution is 4.48. The highest BCUT2D eigenvalue weighted by atomic mass is 16.2. The van der Waals surface area contributed by atoms with Crippen molar-refractivity contribution in [3.05, 3.63) is 6.61 Å². The zero-order valence-electron chi connectivity index (χ0n) is 5.06. The third-order valence-corrected chi connectivity index (χ3v) is 0.993. The van der Waals surface area contributed by atoms with Gasteiger partial charge in [-0.2, -0.15) is 0 Å². The lowest BCUT2D eigenvalue weighted by Gasteiger charge is -1.92. The van der Waals surface area contributed by atoms with E-state index in [1.54, 1.807) is 0 Å². The summed E-state index contributed by atoms with van der Waals surface area (Å²) in [5, 5.41) is 8.08. The van der Waals surface area contributed by atoms with E-state index in [1.165, 1.54) is 0 Å². The van der Waals surface area contributed by atoms with E-state index in [-0.39, 0.29) is 0 Å². The average molecular weight is 115 g/mol. The van der Waals surface area contributed by atoms with Gasteiger partial charge in [0, 0.05) is 0 Å². The van der Waals surface area contributed by atoms with Gasteiger partial charge in [-0.05, 0) is 19.4 Å². The molecule has 0 fully saturated rings. The number of hydrogen-bond acceptors (Lipinski definition) is 2. The van der Waals surface area contributed by atoms with E-state index in [0.29, 0.717) is 6.42 Å². The molecule has 0 atom stereocenters. The molecule has 0 aromatic carbocycles. The zero-order valence-corrected chi connectivity index (χ0v) is 5.06. The third-order valence-electron chi connectivity index (χ3n) is 0.993. The van der Waals surface area contributed by atoms with Crippen LogP contribution in [-0.4, -0.2) is 11.7 Å². The Labute approximate surface area is 50.7 Å². The quantitative estimate of drug-likeness (QED) is 0.523. The molecule has 0 amide bonds. The van der Waals surface area contributed by atoms with Crippen LogP contribution in [0.15, 0.2) is 0 Å². The van der Waals surface area contributed by atoms with E-state index in [4.69, 9.17) is 10.8 Å². The van der Waals surface area contributed by atoms with Crippen molar-refractivity contribution in [1.29, 1.82) is 0 Å². The molecule has 8 heavy (non-hydrogen) atoms. The molecule has 0 heterocycles. The molecule has 0 bridgehead atoms. The molecule has 0 aromatic heterocycles. The first kappa shape index (κ1) is 7.92. The van der Waals surface area contributed by atoms with E-state index < -0.39 is 0 Å². The number of aliphatic hydroxyl groups is 1. The second-order valence-corrected chi connectivity index (χ2v) is 1.76. The van der Waals surface area contributed by atoms with Gasteiger partial charge in [-0.3, -0.25) is 0 Å². The van der Waals surface area contributed by atoms with E-state index >= 15 is 0 Å². The van der Waals surface area contributed by atoms with Crippen molar-refractivity contribution in [1.82, 2.24) is 0 Å². The fraction of sp³-hybridized carbons (Fsp3) is 0.833. The molecular formula is C6H13NO. The predicted octanol–water partition coefficient (Wildman–Crippen LogP) is 0.917. The first-order chi connectivity index (χ1) is 3.91. The fourth-order valence-corrected chi connectivity index (χ4v) is 0.525. The first-order valence-electron chi connectivity index (χ1n) is 2.99. The van der Waals surface area contributed by atoms with Crippen LogP contribution < -0.4 is 5.73 Å². The minimum atomic E-state index is 0.681. The molecule has 0 aromatic rings. The lowest BCUT2D eigenvalue weighted by atomic mass is 10.2. The van der Waals surface area contributed by atoms with Crippen molar-refractivity contribution in [3.8, 4) is 0 Å². The van der Waals surface area contributed by atoms with E-state index in [9.17, 15) is 0 Å². The van der Waals surface area contributed by atoms with Crippen molar-refractivity contribution < 1.29 is 5.11 Å². The molecule has 0 aliphatic rings. The number of unbranched alkanes of at least 4 members (excludes halogenated alkanes) is 3. The highest BCUT2D eigenvalue weighted by Crippen LogP contribution is 1.98.